The van der Waals surface area contributed by atoms with Gasteiger partial charge < -0.3 is 16.2 Å². The number of hydrogen-bond acceptors (Lipinski definition) is 3. The molecule has 0 radical (unpaired) electrons. The Kier molecular flexibility index (Phi) is 11.1. The average molecular weight is 186 g/mol. The van der Waals surface area contributed by atoms with Gasteiger partial charge in [-0.2, -0.15) is 0 Å². The highest BCUT2D eigenvalue weighted by molar-refractivity contribution is 5.85. The van der Waals surface area contributed by atoms with Gasteiger partial charge in [0.25, 0.3) is 0 Å². The lowest BCUT2D eigenvalue weighted by Gasteiger charge is -1.65. The van der Waals surface area contributed by atoms with E-state index in [0.717, 1.165) is 25.4 Å². The summed E-state index contributed by atoms with van der Waals surface area (Å²) in [5, 5.41) is 0. The SMILES string of the molecule is C1CO1.C=CC(N)=O.C=CC(N)=O. The van der Waals surface area contributed by atoms with E-state index in [4.69, 9.17) is 0 Å². The van der Waals surface area contributed by atoms with Crippen LogP contribution in [0.15, 0.2) is 25.3 Å². The summed E-state index contributed by atoms with van der Waals surface area (Å²) in [5.41, 5.74) is 9.07. The zero-order valence-corrected chi connectivity index (χ0v) is 7.36. The maximum atomic E-state index is 9.47. The molecule has 0 aromatic carbocycles. The molecule has 0 atom stereocenters. The van der Waals surface area contributed by atoms with Gasteiger partial charge in [0.15, 0.2) is 0 Å². The van der Waals surface area contributed by atoms with Crippen LogP contribution in [0.2, 0.25) is 0 Å². The number of amides is 2. The van der Waals surface area contributed by atoms with Crippen LogP contribution in [-0.2, 0) is 14.3 Å². The fourth-order valence-electron chi connectivity index (χ4n) is 0. The lowest BCUT2D eigenvalue weighted by molar-refractivity contribution is -0.114. The van der Waals surface area contributed by atoms with Crippen molar-refractivity contribution in [3.8, 4) is 0 Å². The molecule has 0 aliphatic carbocycles. The number of carbonyl (C=O) groups is 2. The van der Waals surface area contributed by atoms with E-state index in [0.29, 0.717) is 0 Å². The number of primary amides is 2. The number of rotatable bonds is 2. The van der Waals surface area contributed by atoms with Crippen molar-refractivity contribution in [3.05, 3.63) is 25.3 Å². The van der Waals surface area contributed by atoms with Crippen LogP contribution < -0.4 is 11.5 Å². The first-order valence-electron chi connectivity index (χ1n) is 3.46. The lowest BCUT2D eigenvalue weighted by atomic mass is 10.6. The molecule has 0 aromatic heterocycles. The van der Waals surface area contributed by atoms with Gasteiger partial charge in [-0.3, -0.25) is 9.59 Å². The van der Waals surface area contributed by atoms with Gasteiger partial charge in [0.05, 0.1) is 13.2 Å². The van der Waals surface area contributed by atoms with Gasteiger partial charge in [0.2, 0.25) is 11.8 Å². The third kappa shape index (κ3) is 63.8. The van der Waals surface area contributed by atoms with Gasteiger partial charge in [-0.05, 0) is 12.2 Å². The predicted molar refractivity (Wildman–Crippen MR) is 49.6 cm³/mol. The Morgan fingerprint density at radius 2 is 1.23 bits per heavy atom. The summed E-state index contributed by atoms with van der Waals surface area (Å²) in [4.78, 5) is 18.9. The van der Waals surface area contributed by atoms with E-state index in [-0.39, 0.29) is 0 Å². The Hall–Kier alpha value is -1.62. The Balaban J connectivity index is 0. The minimum absolute atomic E-state index is 0.481. The zero-order valence-electron chi connectivity index (χ0n) is 7.36. The van der Waals surface area contributed by atoms with Crippen molar-refractivity contribution in [3.63, 3.8) is 0 Å². The van der Waals surface area contributed by atoms with Crippen LogP contribution in [0.25, 0.3) is 0 Å². The second kappa shape index (κ2) is 10.4. The first-order chi connectivity index (χ1) is 6.04. The molecule has 13 heavy (non-hydrogen) atoms. The largest absolute Gasteiger partial charge is 0.377 e. The van der Waals surface area contributed by atoms with E-state index >= 15 is 0 Å². The highest BCUT2D eigenvalue weighted by Gasteiger charge is 1.94. The summed E-state index contributed by atoms with van der Waals surface area (Å²) in [7, 11) is 0. The molecule has 4 N–H and O–H groups in total. The molecular weight excluding hydrogens is 172 g/mol. The molecule has 0 aromatic rings. The van der Waals surface area contributed by atoms with Crippen LogP contribution in [0.5, 0.6) is 0 Å². The van der Waals surface area contributed by atoms with Crippen molar-refractivity contribution in [2.75, 3.05) is 13.2 Å². The van der Waals surface area contributed by atoms with Crippen LogP contribution in [0, 0.1) is 0 Å². The summed E-state index contributed by atoms with van der Waals surface area (Å²) in [6.45, 7) is 8.17. The summed E-state index contributed by atoms with van der Waals surface area (Å²) >= 11 is 0. The average Bonchev–Trinajstić information content (AvgIpc) is 2.91. The molecular formula is C8H14N2O3. The maximum absolute atomic E-state index is 9.47. The van der Waals surface area contributed by atoms with Gasteiger partial charge in [-0.1, -0.05) is 13.2 Å². The highest BCUT2D eigenvalue weighted by Crippen LogP contribution is 1.84. The van der Waals surface area contributed by atoms with E-state index in [1.807, 2.05) is 0 Å². The Morgan fingerprint density at radius 3 is 1.23 bits per heavy atom. The van der Waals surface area contributed by atoms with Crippen molar-refractivity contribution in [1.82, 2.24) is 0 Å². The van der Waals surface area contributed by atoms with Crippen LogP contribution in [-0.4, -0.2) is 25.0 Å². The standard InChI is InChI=1S/2C3H5NO.C2H4O/c2*1-2-3(4)5;1-2-3-1/h2*2H,1H2,(H2,4,5);1-2H2. The van der Waals surface area contributed by atoms with E-state index in [1.54, 1.807) is 0 Å². The number of hydrogen-bond donors (Lipinski definition) is 2. The second-order valence-electron chi connectivity index (χ2n) is 1.83. The van der Waals surface area contributed by atoms with Gasteiger partial charge in [0.1, 0.15) is 0 Å². The van der Waals surface area contributed by atoms with Crippen molar-refractivity contribution >= 4 is 11.8 Å². The van der Waals surface area contributed by atoms with Crippen LogP contribution >= 0.6 is 0 Å². The molecule has 1 rings (SSSR count). The van der Waals surface area contributed by atoms with Crippen LogP contribution in [0.4, 0.5) is 0 Å². The third-order valence-corrected chi connectivity index (χ3v) is 0.606. The molecule has 2 amide bonds. The van der Waals surface area contributed by atoms with Crippen LogP contribution in [0.1, 0.15) is 0 Å². The van der Waals surface area contributed by atoms with E-state index in [9.17, 15) is 9.59 Å². The number of ether oxygens (including phenoxy) is 1. The quantitative estimate of drug-likeness (QED) is 0.442. The van der Waals surface area contributed by atoms with Crippen LogP contribution in [0.3, 0.4) is 0 Å². The second-order valence-corrected chi connectivity index (χ2v) is 1.83. The minimum Gasteiger partial charge on any atom is -0.377 e. The third-order valence-electron chi connectivity index (χ3n) is 0.606. The Bertz CT molecular complexity index is 167. The first-order valence-corrected chi connectivity index (χ1v) is 3.46. The summed E-state index contributed by atoms with van der Waals surface area (Å²) < 4.78 is 4.50. The lowest BCUT2D eigenvalue weighted by Crippen LogP contribution is -2.04. The first kappa shape index (κ1) is 13.9. The molecule has 1 heterocycles. The maximum Gasteiger partial charge on any atom is 0.240 e. The molecule has 0 unspecified atom stereocenters. The summed E-state index contributed by atoms with van der Waals surface area (Å²) in [6.07, 6.45) is 2.11. The van der Waals surface area contributed by atoms with Crippen molar-refractivity contribution in [2.45, 2.75) is 0 Å². The van der Waals surface area contributed by atoms with E-state index in [1.165, 1.54) is 0 Å². The Morgan fingerprint density at radius 1 is 1.08 bits per heavy atom. The van der Waals surface area contributed by atoms with Gasteiger partial charge in [-0.25, -0.2) is 0 Å². The minimum atomic E-state index is -0.481. The number of nitrogens with two attached hydrogens (primary N) is 2. The van der Waals surface area contributed by atoms with Crippen molar-refractivity contribution in [2.24, 2.45) is 11.5 Å². The van der Waals surface area contributed by atoms with Gasteiger partial charge in [-0.15, -0.1) is 0 Å². The molecule has 5 nitrogen and oxygen atoms in total. The number of epoxide rings is 1. The summed E-state index contributed by atoms with van der Waals surface area (Å²) in [6, 6.07) is 0. The zero-order chi connectivity index (χ0) is 10.7. The monoisotopic (exact) mass is 186 g/mol. The van der Waals surface area contributed by atoms with Gasteiger partial charge >= 0.3 is 0 Å². The molecule has 1 aliphatic rings. The fraction of sp³-hybridized carbons (Fsp3) is 0.250. The molecule has 1 fully saturated rings. The molecule has 0 saturated carbocycles. The van der Waals surface area contributed by atoms with Crippen molar-refractivity contribution < 1.29 is 14.3 Å². The topological polar surface area (TPSA) is 98.7 Å². The number of carbonyl (C=O) groups excluding carboxylic acids is 2. The van der Waals surface area contributed by atoms with Gasteiger partial charge in [0, 0.05) is 0 Å². The molecule has 1 saturated heterocycles. The Labute approximate surface area is 77.0 Å². The molecule has 0 bridgehead atoms. The van der Waals surface area contributed by atoms with E-state index in [2.05, 4.69) is 29.4 Å². The van der Waals surface area contributed by atoms with E-state index < -0.39 is 11.8 Å². The molecule has 5 heteroatoms. The summed E-state index contributed by atoms with van der Waals surface area (Å²) in [5.74, 6) is -0.963. The normalized spacial score (nSPS) is 10.5. The van der Waals surface area contributed by atoms with Crippen molar-refractivity contribution in [1.29, 1.82) is 0 Å². The molecule has 0 spiro atoms. The smallest absolute Gasteiger partial charge is 0.240 e. The molecule has 1 aliphatic heterocycles. The molecule has 74 valence electrons. The predicted octanol–water partition coefficient (Wildman–Crippen LogP) is -0.668. The highest BCUT2D eigenvalue weighted by atomic mass is 16.6. The fourth-order valence-corrected chi connectivity index (χ4v) is 0.